The van der Waals surface area contributed by atoms with E-state index in [-0.39, 0.29) is 25.7 Å². The van der Waals surface area contributed by atoms with E-state index in [1.54, 1.807) is 6.20 Å². The van der Waals surface area contributed by atoms with Gasteiger partial charge in [-0.1, -0.05) is 87.5 Å². The quantitative estimate of drug-likeness (QED) is 0.0582. The molecule has 0 aliphatic heterocycles. The van der Waals surface area contributed by atoms with Crippen LogP contribution in [0.4, 0.5) is 0 Å². The third-order valence-electron chi connectivity index (χ3n) is 10.1. The first-order valence-corrected chi connectivity index (χ1v) is 20.1. The predicted octanol–water partition coefficient (Wildman–Crippen LogP) is 3.34. The van der Waals surface area contributed by atoms with Crippen LogP contribution < -0.4 is 38.5 Å². The molecule has 0 saturated heterocycles. The minimum Gasteiger partial charge on any atom is -0.368 e. The molecule has 0 aliphatic rings. The molecule has 11 N–H and O–H groups in total. The van der Waals surface area contributed by atoms with Crippen molar-refractivity contribution in [2.24, 2.45) is 22.6 Å². The molecule has 0 aliphatic carbocycles. The van der Waals surface area contributed by atoms with Crippen molar-refractivity contribution in [3.8, 4) is 0 Å². The number of aromatic amines is 1. The summed E-state index contributed by atoms with van der Waals surface area (Å²) in [5.74, 6) is -3.05. The van der Waals surface area contributed by atoms with Gasteiger partial charge in [0.1, 0.15) is 24.2 Å². The molecule has 0 fully saturated rings. The van der Waals surface area contributed by atoms with Gasteiger partial charge in [0.2, 0.25) is 29.5 Å². The molecule has 14 heteroatoms. The van der Waals surface area contributed by atoms with Crippen LogP contribution in [0, 0.1) is 5.41 Å². The number of thiophene rings is 1. The van der Waals surface area contributed by atoms with Crippen LogP contribution in [0.5, 0.6) is 0 Å². The normalized spacial score (nSPS) is 14.3. The van der Waals surface area contributed by atoms with Crippen LogP contribution in [0.25, 0.3) is 21.0 Å². The number of carbonyl (C=O) groups is 5. The fourth-order valence-electron chi connectivity index (χ4n) is 6.66. The van der Waals surface area contributed by atoms with Gasteiger partial charge in [-0.15, -0.1) is 11.3 Å². The summed E-state index contributed by atoms with van der Waals surface area (Å²) in [5.41, 5.74) is 20.3. The Morgan fingerprint density at radius 1 is 0.667 bits per heavy atom. The third-order valence-corrected chi connectivity index (χ3v) is 11.1. The molecule has 5 amide bonds. The summed E-state index contributed by atoms with van der Waals surface area (Å²) in [7, 11) is 0. The number of rotatable bonds is 19. The van der Waals surface area contributed by atoms with Crippen molar-refractivity contribution in [1.82, 2.24) is 26.3 Å². The first-order valence-electron chi connectivity index (χ1n) is 19.3. The Kier molecular flexibility index (Phi) is 14.6. The van der Waals surface area contributed by atoms with E-state index >= 15 is 0 Å². The number of hydrogen-bond acceptors (Lipinski definition) is 8. The molecular formula is C43H54N8O5S. The maximum absolute atomic E-state index is 14.5. The van der Waals surface area contributed by atoms with Crippen molar-refractivity contribution in [1.29, 1.82) is 0 Å². The topological polar surface area (TPSA) is 227 Å². The molecule has 0 unspecified atom stereocenters. The number of fused-ring (bicyclic) bond motifs is 2. The van der Waals surface area contributed by atoms with E-state index in [2.05, 4.69) is 26.3 Å². The molecule has 302 valence electrons. The molecule has 5 atom stereocenters. The van der Waals surface area contributed by atoms with Crippen molar-refractivity contribution in [2.45, 2.75) is 89.5 Å². The van der Waals surface area contributed by atoms with E-state index in [9.17, 15) is 24.0 Å². The summed E-state index contributed by atoms with van der Waals surface area (Å²) < 4.78 is 1.03. The molecule has 0 radical (unpaired) electrons. The molecule has 2 heterocycles. The third kappa shape index (κ3) is 11.5. The largest absolute Gasteiger partial charge is 0.368 e. The van der Waals surface area contributed by atoms with Crippen molar-refractivity contribution in [3.05, 3.63) is 107 Å². The zero-order valence-corrected chi connectivity index (χ0v) is 33.5. The number of H-pyrrole nitrogens is 1. The lowest BCUT2D eigenvalue weighted by molar-refractivity contribution is -0.134. The van der Waals surface area contributed by atoms with Crippen molar-refractivity contribution >= 4 is 61.9 Å². The number of hydrogen-bond donors (Lipinski definition) is 8. The standard InChI is InChI=1S/C43H54N8O5S/c1-43(2,3)37(45)42(56)51-35(23-28-25-57-36-19-10-8-16-30(28)36)41(55)50-34(22-27-24-47-31-17-9-7-15-29(27)31)40(54)49-33(21-26-13-5-4-6-14-26)39(53)48-32(38(46)52)18-11-12-20-44/h4-10,13-17,19,24-25,32-35,37,47H,11-12,18,20-23,44-45H2,1-3H3,(H2,46,52)(H,48,53)(H,49,54)(H,50,55)(H,51,56)/t32-,33+,34-,35-,37+/m1/s1. The Bertz CT molecular complexity index is 2160. The number of para-hydroxylation sites is 1. The first-order chi connectivity index (χ1) is 27.2. The van der Waals surface area contributed by atoms with Crippen molar-refractivity contribution < 1.29 is 24.0 Å². The van der Waals surface area contributed by atoms with Crippen LogP contribution in [0.15, 0.2) is 90.4 Å². The number of benzene rings is 3. The van der Waals surface area contributed by atoms with Gasteiger partial charge in [-0.2, -0.15) is 0 Å². The molecule has 0 saturated carbocycles. The SMILES string of the molecule is CC(C)(C)[C@@H](N)C(=O)N[C@H](Cc1csc2ccccc12)C(=O)N[C@H](Cc1c[nH]c2ccccc12)C(=O)N[C@@H](Cc1ccccc1)C(=O)N[C@H](CCCCN)C(N)=O. The minimum absolute atomic E-state index is 0.0494. The molecule has 5 aromatic rings. The molecule has 3 aromatic carbocycles. The summed E-state index contributed by atoms with van der Waals surface area (Å²) in [4.78, 5) is 72.1. The van der Waals surface area contributed by atoms with Crippen LogP contribution in [0.2, 0.25) is 0 Å². The van der Waals surface area contributed by atoms with Gasteiger partial charge < -0.3 is 43.5 Å². The fraction of sp³-hybridized carbons (Fsp3) is 0.372. The maximum Gasteiger partial charge on any atom is 0.243 e. The Balaban J connectivity index is 1.47. The van der Waals surface area contributed by atoms with E-state index in [4.69, 9.17) is 17.2 Å². The van der Waals surface area contributed by atoms with E-state index in [0.29, 0.717) is 19.4 Å². The summed E-state index contributed by atoms with van der Waals surface area (Å²) in [6.45, 7) is 5.95. The summed E-state index contributed by atoms with van der Waals surface area (Å²) in [6.07, 6.45) is 3.56. The summed E-state index contributed by atoms with van der Waals surface area (Å²) in [5, 5.41) is 15.2. The van der Waals surface area contributed by atoms with Crippen molar-refractivity contribution in [3.63, 3.8) is 0 Å². The van der Waals surface area contributed by atoms with Crippen LogP contribution in [0.1, 0.15) is 56.7 Å². The first kappa shape index (κ1) is 42.6. The van der Waals surface area contributed by atoms with Gasteiger partial charge in [-0.25, -0.2) is 0 Å². The smallest absolute Gasteiger partial charge is 0.243 e. The van der Waals surface area contributed by atoms with Gasteiger partial charge in [-0.05, 0) is 70.8 Å². The molecule has 13 nitrogen and oxygen atoms in total. The van der Waals surface area contributed by atoms with Crippen molar-refractivity contribution in [2.75, 3.05) is 6.54 Å². The fourth-order valence-corrected chi connectivity index (χ4v) is 7.63. The van der Waals surface area contributed by atoms with E-state index in [0.717, 1.165) is 37.7 Å². The van der Waals surface area contributed by atoms with Gasteiger partial charge >= 0.3 is 0 Å². The highest BCUT2D eigenvalue weighted by Gasteiger charge is 2.34. The molecular weight excluding hydrogens is 741 g/mol. The van der Waals surface area contributed by atoms with Crippen LogP contribution in [-0.4, -0.2) is 71.3 Å². The second kappa shape index (κ2) is 19.5. The number of aromatic nitrogens is 1. The molecule has 0 bridgehead atoms. The highest BCUT2D eigenvalue weighted by molar-refractivity contribution is 7.17. The van der Waals surface area contributed by atoms with Gasteiger partial charge in [0.05, 0.1) is 6.04 Å². The number of amides is 5. The average Bonchev–Trinajstić information content (AvgIpc) is 3.80. The van der Waals surface area contributed by atoms with E-state index in [1.165, 1.54) is 11.3 Å². The average molecular weight is 795 g/mol. The lowest BCUT2D eigenvalue weighted by atomic mass is 9.86. The van der Waals surface area contributed by atoms with Crippen LogP contribution in [0.3, 0.4) is 0 Å². The zero-order valence-electron chi connectivity index (χ0n) is 32.7. The highest BCUT2D eigenvalue weighted by atomic mass is 32.1. The summed E-state index contributed by atoms with van der Waals surface area (Å²) >= 11 is 1.53. The lowest BCUT2D eigenvalue weighted by Crippen LogP contribution is -2.60. The maximum atomic E-state index is 14.5. The van der Waals surface area contributed by atoms with Crippen LogP contribution >= 0.6 is 11.3 Å². The molecule has 2 aromatic heterocycles. The zero-order chi connectivity index (χ0) is 41.1. The van der Waals surface area contributed by atoms with E-state index in [1.807, 2.05) is 105 Å². The molecule has 5 rings (SSSR count). The molecule has 57 heavy (non-hydrogen) atoms. The van der Waals surface area contributed by atoms with Gasteiger partial charge in [-0.3, -0.25) is 24.0 Å². The van der Waals surface area contributed by atoms with Gasteiger partial charge in [0.25, 0.3) is 0 Å². The van der Waals surface area contributed by atoms with Gasteiger partial charge in [0.15, 0.2) is 0 Å². The minimum atomic E-state index is -1.20. The Morgan fingerprint density at radius 2 is 1.21 bits per heavy atom. The second-order valence-electron chi connectivity index (χ2n) is 15.5. The Labute approximate surface area is 336 Å². The number of unbranched alkanes of at least 4 members (excludes halogenated alkanes) is 1. The Hall–Kier alpha value is -5.57. The lowest BCUT2D eigenvalue weighted by Gasteiger charge is -2.29. The predicted molar refractivity (Wildman–Crippen MR) is 225 cm³/mol. The summed E-state index contributed by atoms with van der Waals surface area (Å²) in [6, 6.07) is 19.2. The number of nitrogens with two attached hydrogens (primary N) is 3. The number of carbonyl (C=O) groups excluding carboxylic acids is 5. The number of nitrogens with one attached hydrogen (secondary N) is 5. The van der Waals surface area contributed by atoms with Gasteiger partial charge in [0, 0.05) is 41.1 Å². The Morgan fingerprint density at radius 3 is 1.84 bits per heavy atom. The molecule has 0 spiro atoms. The van der Waals surface area contributed by atoms with E-state index < -0.39 is 65.2 Å². The monoisotopic (exact) mass is 794 g/mol. The second-order valence-corrected chi connectivity index (χ2v) is 16.4. The highest BCUT2D eigenvalue weighted by Crippen LogP contribution is 2.27. The number of primary amides is 1. The van der Waals surface area contributed by atoms with Crippen LogP contribution in [-0.2, 0) is 43.2 Å².